The first-order chi connectivity index (χ1) is 7.22. The van der Waals surface area contributed by atoms with Gasteiger partial charge < -0.3 is 4.74 Å². The Labute approximate surface area is 87.1 Å². The summed E-state index contributed by atoms with van der Waals surface area (Å²) in [6, 6.07) is 5.92. The zero-order chi connectivity index (χ0) is 11.3. The van der Waals surface area contributed by atoms with E-state index in [1.54, 1.807) is 6.92 Å². The summed E-state index contributed by atoms with van der Waals surface area (Å²) in [6.45, 7) is 1.75. The van der Waals surface area contributed by atoms with E-state index in [0.29, 0.717) is 12.7 Å². The second-order valence-electron chi connectivity index (χ2n) is 2.92. The molecule has 1 rings (SSSR count). The van der Waals surface area contributed by atoms with Crippen molar-refractivity contribution in [1.29, 1.82) is 5.26 Å². The molecule has 15 heavy (non-hydrogen) atoms. The highest BCUT2D eigenvalue weighted by molar-refractivity contribution is 5.79. The van der Waals surface area contributed by atoms with Crippen LogP contribution in [0.15, 0.2) is 18.2 Å². The molecule has 0 amide bonds. The largest absolute Gasteiger partial charge is 0.472 e. The van der Waals surface area contributed by atoms with Crippen LogP contribution in [0.2, 0.25) is 0 Å². The number of halogens is 1. The second kappa shape index (κ2) is 5.11. The van der Waals surface area contributed by atoms with Crippen LogP contribution < -0.4 is 4.74 Å². The summed E-state index contributed by atoms with van der Waals surface area (Å²) in [5.41, 5.74) is 0.115. The number of ether oxygens (including phenoxy) is 1. The number of carbonyl (C=O) groups excluding carboxylic acids is 1. The number of rotatable bonds is 4. The van der Waals surface area contributed by atoms with Gasteiger partial charge in [-0.2, -0.15) is 5.26 Å². The van der Waals surface area contributed by atoms with Crippen LogP contribution in [0.3, 0.4) is 0 Å². The van der Waals surface area contributed by atoms with E-state index in [0.717, 1.165) is 0 Å². The molecule has 1 unspecified atom stereocenters. The molecule has 0 saturated heterocycles. The van der Waals surface area contributed by atoms with E-state index in [4.69, 9.17) is 10.00 Å². The van der Waals surface area contributed by atoms with Crippen molar-refractivity contribution in [2.45, 2.75) is 19.4 Å². The number of hydrogen-bond donors (Lipinski definition) is 0. The molecular weight excluding hydrogens is 197 g/mol. The van der Waals surface area contributed by atoms with Crippen LogP contribution >= 0.6 is 0 Å². The molecule has 3 nitrogen and oxygen atoms in total. The molecule has 0 aliphatic heterocycles. The van der Waals surface area contributed by atoms with Crippen molar-refractivity contribution >= 4 is 6.29 Å². The van der Waals surface area contributed by atoms with Gasteiger partial charge in [0, 0.05) is 0 Å². The maximum absolute atomic E-state index is 13.3. The summed E-state index contributed by atoms with van der Waals surface area (Å²) in [7, 11) is 0. The average molecular weight is 207 g/mol. The summed E-state index contributed by atoms with van der Waals surface area (Å²) in [5, 5.41) is 8.66. The van der Waals surface area contributed by atoms with E-state index in [1.807, 2.05) is 6.07 Å². The van der Waals surface area contributed by atoms with Crippen LogP contribution in [0.4, 0.5) is 4.39 Å². The van der Waals surface area contributed by atoms with Crippen LogP contribution in [0.25, 0.3) is 0 Å². The predicted molar refractivity (Wildman–Crippen MR) is 52.1 cm³/mol. The van der Waals surface area contributed by atoms with Gasteiger partial charge in [0.25, 0.3) is 0 Å². The molecule has 1 atom stereocenters. The van der Waals surface area contributed by atoms with Crippen molar-refractivity contribution in [2.75, 3.05) is 0 Å². The van der Waals surface area contributed by atoms with Gasteiger partial charge in [0.1, 0.15) is 6.07 Å². The normalized spacial score (nSPS) is 11.5. The highest BCUT2D eigenvalue weighted by atomic mass is 19.1. The highest BCUT2D eigenvalue weighted by Gasteiger charge is 2.13. The summed E-state index contributed by atoms with van der Waals surface area (Å²) in [6.07, 6.45) is 0.201. The maximum atomic E-state index is 13.3. The van der Waals surface area contributed by atoms with Crippen molar-refractivity contribution in [3.05, 3.63) is 29.6 Å². The summed E-state index contributed by atoms with van der Waals surface area (Å²) in [5.74, 6) is -0.783. The first-order valence-corrected chi connectivity index (χ1v) is 4.52. The number of aldehydes is 1. The third-order valence-electron chi connectivity index (χ3n) is 1.90. The average Bonchev–Trinajstić information content (AvgIpc) is 2.27. The highest BCUT2D eigenvalue weighted by Crippen LogP contribution is 2.22. The van der Waals surface area contributed by atoms with Gasteiger partial charge in [-0.05, 0) is 18.6 Å². The topological polar surface area (TPSA) is 50.1 Å². The SMILES string of the molecule is CCC(C#N)Oc1c(F)cccc1C=O. The van der Waals surface area contributed by atoms with E-state index in [2.05, 4.69) is 0 Å². The molecule has 0 aliphatic carbocycles. The van der Waals surface area contributed by atoms with Gasteiger partial charge in [-0.15, -0.1) is 0 Å². The molecule has 4 heteroatoms. The molecular formula is C11H10FNO2. The minimum Gasteiger partial charge on any atom is -0.472 e. The molecule has 0 aromatic heterocycles. The second-order valence-corrected chi connectivity index (χ2v) is 2.92. The van der Waals surface area contributed by atoms with E-state index >= 15 is 0 Å². The molecule has 0 spiro atoms. The molecule has 0 bridgehead atoms. The Morgan fingerprint density at radius 3 is 2.93 bits per heavy atom. The van der Waals surface area contributed by atoms with Crippen LogP contribution in [0, 0.1) is 17.1 Å². The third-order valence-corrected chi connectivity index (χ3v) is 1.90. The third kappa shape index (κ3) is 2.53. The summed E-state index contributed by atoms with van der Waals surface area (Å²) >= 11 is 0. The Hall–Kier alpha value is -1.89. The maximum Gasteiger partial charge on any atom is 0.184 e. The molecule has 1 aromatic carbocycles. The van der Waals surface area contributed by atoms with E-state index in [1.165, 1.54) is 18.2 Å². The lowest BCUT2D eigenvalue weighted by atomic mass is 10.2. The van der Waals surface area contributed by atoms with Crippen LogP contribution in [0.1, 0.15) is 23.7 Å². The molecule has 1 aromatic rings. The van der Waals surface area contributed by atoms with Gasteiger partial charge in [-0.1, -0.05) is 13.0 Å². The Balaban J connectivity index is 3.02. The molecule has 78 valence electrons. The number of benzene rings is 1. The Kier molecular flexibility index (Phi) is 3.81. The molecule has 0 radical (unpaired) electrons. The quantitative estimate of drug-likeness (QED) is 0.712. The van der Waals surface area contributed by atoms with Gasteiger partial charge in [0.2, 0.25) is 0 Å². The van der Waals surface area contributed by atoms with Crippen molar-refractivity contribution in [3.63, 3.8) is 0 Å². The van der Waals surface area contributed by atoms with Crippen LogP contribution in [0.5, 0.6) is 5.75 Å². The zero-order valence-corrected chi connectivity index (χ0v) is 8.24. The Morgan fingerprint density at radius 1 is 1.67 bits per heavy atom. The monoisotopic (exact) mass is 207 g/mol. The standard InChI is InChI=1S/C11H10FNO2/c1-2-9(6-13)15-11-8(7-14)4-3-5-10(11)12/h3-5,7,9H,2H2,1H3. The van der Waals surface area contributed by atoms with Crippen LogP contribution in [-0.2, 0) is 0 Å². The van der Waals surface area contributed by atoms with Crippen molar-refractivity contribution < 1.29 is 13.9 Å². The van der Waals surface area contributed by atoms with Crippen molar-refractivity contribution in [3.8, 4) is 11.8 Å². The van der Waals surface area contributed by atoms with Gasteiger partial charge in [-0.3, -0.25) is 4.79 Å². The van der Waals surface area contributed by atoms with Gasteiger partial charge >= 0.3 is 0 Å². The molecule has 0 heterocycles. The number of para-hydroxylation sites is 1. The first kappa shape index (κ1) is 11.2. The van der Waals surface area contributed by atoms with Gasteiger partial charge in [-0.25, -0.2) is 4.39 Å². The minimum absolute atomic E-state index is 0.115. The fourth-order valence-corrected chi connectivity index (χ4v) is 1.09. The lowest BCUT2D eigenvalue weighted by Gasteiger charge is -2.12. The zero-order valence-electron chi connectivity index (χ0n) is 8.24. The van der Waals surface area contributed by atoms with Crippen LogP contribution in [-0.4, -0.2) is 12.4 Å². The lowest BCUT2D eigenvalue weighted by Crippen LogP contribution is -2.14. The minimum atomic E-state index is -0.736. The number of nitrogens with zero attached hydrogens (tertiary/aromatic N) is 1. The van der Waals surface area contributed by atoms with Gasteiger partial charge in [0.05, 0.1) is 5.56 Å². The first-order valence-electron chi connectivity index (χ1n) is 4.52. The Morgan fingerprint density at radius 2 is 2.40 bits per heavy atom. The smallest absolute Gasteiger partial charge is 0.184 e. The van der Waals surface area contributed by atoms with Crippen molar-refractivity contribution in [2.24, 2.45) is 0 Å². The fourth-order valence-electron chi connectivity index (χ4n) is 1.09. The molecule has 0 N–H and O–H groups in total. The lowest BCUT2D eigenvalue weighted by molar-refractivity contribution is 0.111. The molecule has 0 aliphatic rings. The van der Waals surface area contributed by atoms with E-state index < -0.39 is 11.9 Å². The number of hydrogen-bond acceptors (Lipinski definition) is 3. The number of nitriles is 1. The van der Waals surface area contributed by atoms with E-state index in [9.17, 15) is 9.18 Å². The fraction of sp³-hybridized carbons (Fsp3) is 0.273. The predicted octanol–water partition coefficient (Wildman–Crippen LogP) is 2.32. The van der Waals surface area contributed by atoms with Crippen molar-refractivity contribution in [1.82, 2.24) is 0 Å². The molecule has 0 saturated carbocycles. The summed E-state index contributed by atoms with van der Waals surface area (Å²) < 4.78 is 18.4. The van der Waals surface area contributed by atoms with E-state index in [-0.39, 0.29) is 11.3 Å². The Bertz CT molecular complexity index is 398. The number of carbonyl (C=O) groups is 1. The molecule has 0 fully saturated rings. The van der Waals surface area contributed by atoms with Gasteiger partial charge in [0.15, 0.2) is 24.0 Å². The summed E-state index contributed by atoms with van der Waals surface area (Å²) in [4.78, 5) is 10.6.